The summed E-state index contributed by atoms with van der Waals surface area (Å²) in [7, 11) is 0. The van der Waals surface area contributed by atoms with Crippen LogP contribution in [0.2, 0.25) is 0 Å². The molecule has 0 bridgehead atoms. The number of aromatic nitrogens is 1. The van der Waals surface area contributed by atoms with E-state index in [1.165, 1.54) is 35.1 Å². The summed E-state index contributed by atoms with van der Waals surface area (Å²) < 4.78 is 0. The molecule has 26 heavy (non-hydrogen) atoms. The molecule has 6 nitrogen and oxygen atoms in total. The van der Waals surface area contributed by atoms with Crippen molar-refractivity contribution >= 4 is 34.1 Å². The molecule has 1 amide bonds. The quantitative estimate of drug-likeness (QED) is 0.333. The molecule has 3 aromatic rings. The van der Waals surface area contributed by atoms with E-state index in [2.05, 4.69) is 16.4 Å². The maximum atomic E-state index is 12.1. The van der Waals surface area contributed by atoms with Crippen molar-refractivity contribution < 1.29 is 9.72 Å². The molecule has 0 radical (unpaired) electrons. The molecule has 0 unspecified atom stereocenters. The number of carbonyl (C=O) groups excluding carboxylic acids is 1. The number of anilines is 1. The number of nitrogens with zero attached hydrogens (tertiary/aromatic N) is 2. The Morgan fingerprint density at radius 2 is 1.96 bits per heavy atom. The van der Waals surface area contributed by atoms with Crippen LogP contribution in [0.5, 0.6) is 0 Å². The maximum Gasteiger partial charge on any atom is 0.269 e. The zero-order valence-corrected chi connectivity index (χ0v) is 14.3. The third-order valence-corrected chi connectivity index (χ3v) is 5.05. The van der Waals surface area contributed by atoms with Crippen LogP contribution in [0, 0.1) is 10.1 Å². The summed E-state index contributed by atoms with van der Waals surface area (Å²) in [6.07, 6.45) is 3.84. The van der Waals surface area contributed by atoms with Gasteiger partial charge in [0.25, 0.3) is 5.69 Å². The number of thiazole rings is 1. The molecule has 1 aliphatic carbocycles. The van der Waals surface area contributed by atoms with Crippen LogP contribution < -0.4 is 5.32 Å². The Morgan fingerprint density at radius 1 is 1.19 bits per heavy atom. The molecule has 0 atom stereocenters. The molecule has 1 N–H and O–H groups in total. The zero-order valence-electron chi connectivity index (χ0n) is 13.5. The van der Waals surface area contributed by atoms with Crippen molar-refractivity contribution in [1.82, 2.24) is 4.98 Å². The Bertz CT molecular complexity index is 1040. The zero-order chi connectivity index (χ0) is 18.1. The number of rotatable bonds is 4. The molecule has 1 aromatic heterocycles. The number of amides is 1. The van der Waals surface area contributed by atoms with Crippen molar-refractivity contribution in [1.29, 1.82) is 0 Å². The summed E-state index contributed by atoms with van der Waals surface area (Å²) in [6, 6.07) is 14.1. The van der Waals surface area contributed by atoms with Gasteiger partial charge >= 0.3 is 0 Å². The summed E-state index contributed by atoms with van der Waals surface area (Å²) in [5, 5.41) is 14.0. The Hall–Kier alpha value is -3.32. The second kappa shape index (κ2) is 6.53. The third-order valence-electron chi connectivity index (χ3n) is 4.08. The Labute approximate surface area is 153 Å². The first-order valence-corrected chi connectivity index (χ1v) is 8.73. The maximum absolute atomic E-state index is 12.1. The molecule has 2 aromatic carbocycles. The normalized spacial score (nSPS) is 12.0. The first-order chi connectivity index (χ1) is 12.6. The molecule has 0 saturated carbocycles. The van der Waals surface area contributed by atoms with Crippen LogP contribution >= 0.6 is 11.3 Å². The standard InChI is InChI=1S/C19H13N3O3S/c23-17(10-7-12-5-8-14(9-6-12)22(24)25)20-19-21-18-15-4-2-1-3-13(15)11-16(18)26-19/h1-10H,11H2,(H,20,21,23)/b10-7+. The summed E-state index contributed by atoms with van der Waals surface area (Å²) in [5.74, 6) is -0.288. The number of nitro groups is 1. The first-order valence-electron chi connectivity index (χ1n) is 7.91. The topological polar surface area (TPSA) is 85.1 Å². The van der Waals surface area contributed by atoms with Crippen LogP contribution in [0.15, 0.2) is 54.6 Å². The minimum absolute atomic E-state index is 0.0178. The van der Waals surface area contributed by atoms with Crippen molar-refractivity contribution in [3.63, 3.8) is 0 Å². The van der Waals surface area contributed by atoms with Gasteiger partial charge in [-0.05, 0) is 29.3 Å². The minimum atomic E-state index is -0.458. The number of non-ortho nitro benzene ring substituents is 1. The monoisotopic (exact) mass is 363 g/mol. The van der Waals surface area contributed by atoms with Gasteiger partial charge in [-0.25, -0.2) is 4.98 Å². The summed E-state index contributed by atoms with van der Waals surface area (Å²) in [4.78, 5) is 28.0. The summed E-state index contributed by atoms with van der Waals surface area (Å²) in [5.41, 5.74) is 4.06. The Kier molecular flexibility index (Phi) is 4.06. The second-order valence-corrected chi connectivity index (χ2v) is 6.88. The van der Waals surface area contributed by atoms with Gasteiger partial charge < -0.3 is 0 Å². The van der Waals surface area contributed by atoms with E-state index in [1.807, 2.05) is 18.2 Å². The van der Waals surface area contributed by atoms with Gasteiger partial charge in [-0.15, -0.1) is 11.3 Å². The number of hydrogen-bond donors (Lipinski definition) is 1. The summed E-state index contributed by atoms with van der Waals surface area (Å²) >= 11 is 1.48. The van der Waals surface area contributed by atoms with E-state index >= 15 is 0 Å². The lowest BCUT2D eigenvalue weighted by Crippen LogP contribution is -2.07. The average molecular weight is 363 g/mol. The number of hydrogen-bond acceptors (Lipinski definition) is 5. The van der Waals surface area contributed by atoms with Crippen LogP contribution in [-0.4, -0.2) is 15.8 Å². The number of carbonyl (C=O) groups is 1. The predicted molar refractivity (Wildman–Crippen MR) is 101 cm³/mol. The molecular formula is C19H13N3O3S. The van der Waals surface area contributed by atoms with Crippen molar-refractivity contribution in [2.24, 2.45) is 0 Å². The molecule has 7 heteroatoms. The SMILES string of the molecule is O=C(/C=C/c1ccc([N+](=O)[O-])cc1)Nc1nc2c(s1)Cc1ccccc1-2. The molecule has 0 aliphatic heterocycles. The first kappa shape index (κ1) is 16.2. The van der Waals surface area contributed by atoms with E-state index in [9.17, 15) is 14.9 Å². The van der Waals surface area contributed by atoms with Crippen molar-refractivity contribution in [2.45, 2.75) is 6.42 Å². The molecule has 1 heterocycles. The smallest absolute Gasteiger partial charge is 0.269 e. The highest BCUT2D eigenvalue weighted by atomic mass is 32.1. The fourth-order valence-electron chi connectivity index (χ4n) is 2.84. The van der Waals surface area contributed by atoms with Crippen molar-refractivity contribution in [2.75, 3.05) is 5.32 Å². The fourth-order valence-corrected chi connectivity index (χ4v) is 3.84. The molecule has 0 saturated heterocycles. The molecule has 128 valence electrons. The van der Waals surface area contributed by atoms with E-state index in [-0.39, 0.29) is 11.6 Å². The minimum Gasteiger partial charge on any atom is -0.298 e. The number of nitrogens with one attached hydrogen (secondary N) is 1. The van der Waals surface area contributed by atoms with Gasteiger partial charge in [-0.3, -0.25) is 20.2 Å². The van der Waals surface area contributed by atoms with E-state index in [0.29, 0.717) is 10.7 Å². The van der Waals surface area contributed by atoms with Gasteiger partial charge in [0.2, 0.25) is 5.91 Å². The molecule has 1 aliphatic rings. The molecule has 4 rings (SSSR count). The largest absolute Gasteiger partial charge is 0.298 e. The van der Waals surface area contributed by atoms with Crippen LogP contribution in [0.25, 0.3) is 17.3 Å². The van der Waals surface area contributed by atoms with E-state index in [0.717, 1.165) is 22.6 Å². The highest BCUT2D eigenvalue weighted by molar-refractivity contribution is 7.16. The Balaban J connectivity index is 1.44. The highest BCUT2D eigenvalue weighted by Gasteiger charge is 2.23. The van der Waals surface area contributed by atoms with Gasteiger partial charge in [-0.2, -0.15) is 0 Å². The van der Waals surface area contributed by atoms with Crippen LogP contribution in [-0.2, 0) is 11.2 Å². The number of fused-ring (bicyclic) bond motifs is 3. The lowest BCUT2D eigenvalue weighted by molar-refractivity contribution is -0.384. The number of benzene rings is 2. The summed E-state index contributed by atoms with van der Waals surface area (Å²) in [6.45, 7) is 0. The molecule has 0 fully saturated rings. The lowest BCUT2D eigenvalue weighted by atomic mass is 10.1. The van der Waals surface area contributed by atoms with Crippen LogP contribution in [0.4, 0.5) is 10.8 Å². The van der Waals surface area contributed by atoms with Crippen LogP contribution in [0.1, 0.15) is 16.0 Å². The lowest BCUT2D eigenvalue weighted by Gasteiger charge is -1.99. The van der Waals surface area contributed by atoms with Crippen LogP contribution in [0.3, 0.4) is 0 Å². The fraction of sp³-hybridized carbons (Fsp3) is 0.0526. The Morgan fingerprint density at radius 3 is 2.73 bits per heavy atom. The number of nitro benzene ring substituents is 1. The second-order valence-electron chi connectivity index (χ2n) is 5.80. The van der Waals surface area contributed by atoms with E-state index < -0.39 is 4.92 Å². The van der Waals surface area contributed by atoms with E-state index in [1.54, 1.807) is 18.2 Å². The molecular weight excluding hydrogens is 350 g/mol. The van der Waals surface area contributed by atoms with Gasteiger partial charge in [0.15, 0.2) is 5.13 Å². The van der Waals surface area contributed by atoms with Gasteiger partial charge in [-0.1, -0.05) is 24.3 Å². The average Bonchev–Trinajstić information content (AvgIpc) is 3.17. The van der Waals surface area contributed by atoms with Crippen molar-refractivity contribution in [3.05, 3.63) is 80.7 Å². The van der Waals surface area contributed by atoms with E-state index in [4.69, 9.17) is 0 Å². The van der Waals surface area contributed by atoms with Gasteiger partial charge in [0.05, 0.1) is 10.6 Å². The van der Waals surface area contributed by atoms with Crippen molar-refractivity contribution in [3.8, 4) is 11.3 Å². The third kappa shape index (κ3) is 3.12. The molecule has 0 spiro atoms. The predicted octanol–water partition coefficient (Wildman–Crippen LogP) is 4.27. The highest BCUT2D eigenvalue weighted by Crippen LogP contribution is 2.40. The van der Waals surface area contributed by atoms with Gasteiger partial charge in [0.1, 0.15) is 0 Å². The van der Waals surface area contributed by atoms with Gasteiger partial charge in [0, 0.05) is 35.1 Å².